The second-order valence-corrected chi connectivity index (χ2v) is 8.87. The molecule has 35 heavy (non-hydrogen) atoms. The molecule has 0 radical (unpaired) electrons. The number of esters is 1. The Kier molecular flexibility index (Phi) is 7.12. The van der Waals surface area contributed by atoms with Crippen molar-refractivity contribution < 1.29 is 29.3 Å². The number of hydrogen-bond acceptors (Lipinski definition) is 5. The molecule has 4 rings (SSSR count). The number of fused-ring (bicyclic) bond motifs is 3. The minimum Gasteiger partial charge on any atom is -0.478 e. The van der Waals surface area contributed by atoms with Crippen LogP contribution in [-0.2, 0) is 14.3 Å². The Morgan fingerprint density at radius 1 is 0.914 bits per heavy atom. The number of Topliss-reactive ketones (excluding diaryl/α,β-unsaturated/α-hetero) is 1. The predicted molar refractivity (Wildman–Crippen MR) is 131 cm³/mol. The first-order valence-corrected chi connectivity index (χ1v) is 11.7. The van der Waals surface area contributed by atoms with Crippen molar-refractivity contribution in [2.45, 2.75) is 38.7 Å². The van der Waals surface area contributed by atoms with Crippen molar-refractivity contribution in [3.8, 4) is 11.1 Å². The van der Waals surface area contributed by atoms with Crippen LogP contribution in [0.1, 0.15) is 64.4 Å². The molecule has 0 bridgehead atoms. The van der Waals surface area contributed by atoms with Gasteiger partial charge in [0, 0.05) is 17.4 Å². The summed E-state index contributed by atoms with van der Waals surface area (Å²) in [7, 11) is 0. The maximum atomic E-state index is 13.0. The molecule has 0 saturated carbocycles. The van der Waals surface area contributed by atoms with Gasteiger partial charge < -0.3 is 14.9 Å². The summed E-state index contributed by atoms with van der Waals surface area (Å²) in [5.41, 5.74) is 4.84. The van der Waals surface area contributed by atoms with Gasteiger partial charge in [-0.2, -0.15) is 0 Å². The number of ether oxygens (including phenoxy) is 1. The van der Waals surface area contributed by atoms with Crippen LogP contribution in [-0.4, -0.2) is 34.5 Å². The number of benzene rings is 3. The van der Waals surface area contributed by atoms with Crippen molar-refractivity contribution in [2.75, 3.05) is 6.61 Å². The SMILES string of the molecule is CC[C@H](CC(=O)OCC1c2ccccc2-c2ccccc21)C(=O)C(O)c1cccc(C)c1C(=O)O. The molecule has 2 N–H and O–H groups in total. The van der Waals surface area contributed by atoms with Crippen LogP contribution in [0.5, 0.6) is 0 Å². The van der Waals surface area contributed by atoms with Crippen LogP contribution >= 0.6 is 0 Å². The number of carbonyl (C=O) groups is 3. The summed E-state index contributed by atoms with van der Waals surface area (Å²) in [6, 6.07) is 20.7. The molecular formula is C29H28O6. The summed E-state index contributed by atoms with van der Waals surface area (Å²) in [5.74, 6) is -3.20. The number of ketones is 1. The predicted octanol–water partition coefficient (Wildman–Crippen LogP) is 5.07. The summed E-state index contributed by atoms with van der Waals surface area (Å²) < 4.78 is 5.62. The number of aryl methyl sites for hydroxylation is 1. The van der Waals surface area contributed by atoms with Crippen LogP contribution in [0.4, 0.5) is 0 Å². The molecule has 180 valence electrons. The fourth-order valence-corrected chi connectivity index (χ4v) is 4.91. The Morgan fingerprint density at radius 2 is 1.51 bits per heavy atom. The van der Waals surface area contributed by atoms with Crippen LogP contribution in [0.25, 0.3) is 11.1 Å². The zero-order valence-electron chi connectivity index (χ0n) is 19.7. The van der Waals surface area contributed by atoms with E-state index in [1.807, 2.05) is 36.4 Å². The molecule has 1 aliphatic carbocycles. The minimum atomic E-state index is -1.63. The fourth-order valence-electron chi connectivity index (χ4n) is 4.91. The molecule has 3 aromatic rings. The van der Waals surface area contributed by atoms with Gasteiger partial charge in [0.15, 0.2) is 5.78 Å². The Bertz CT molecular complexity index is 1230. The van der Waals surface area contributed by atoms with Gasteiger partial charge in [0.2, 0.25) is 0 Å². The Morgan fingerprint density at radius 3 is 2.09 bits per heavy atom. The van der Waals surface area contributed by atoms with Crippen molar-refractivity contribution in [1.82, 2.24) is 0 Å². The number of carbonyl (C=O) groups excluding carboxylic acids is 2. The van der Waals surface area contributed by atoms with E-state index >= 15 is 0 Å². The van der Waals surface area contributed by atoms with Crippen molar-refractivity contribution in [3.05, 3.63) is 94.5 Å². The molecular weight excluding hydrogens is 444 g/mol. The van der Waals surface area contributed by atoms with E-state index in [4.69, 9.17) is 4.74 Å². The number of hydrogen-bond donors (Lipinski definition) is 2. The molecule has 0 spiro atoms. The number of carboxylic acids is 1. The molecule has 6 nitrogen and oxygen atoms in total. The van der Waals surface area contributed by atoms with E-state index in [0.29, 0.717) is 12.0 Å². The summed E-state index contributed by atoms with van der Waals surface area (Å²) >= 11 is 0. The highest BCUT2D eigenvalue weighted by atomic mass is 16.5. The highest BCUT2D eigenvalue weighted by Gasteiger charge is 2.32. The number of carboxylic acid groups (broad SMARTS) is 1. The topological polar surface area (TPSA) is 101 Å². The summed E-state index contributed by atoms with van der Waals surface area (Å²) in [5, 5.41) is 20.2. The van der Waals surface area contributed by atoms with Gasteiger partial charge >= 0.3 is 11.9 Å². The quantitative estimate of drug-likeness (QED) is 0.422. The van der Waals surface area contributed by atoms with Crippen LogP contribution in [0, 0.1) is 12.8 Å². The smallest absolute Gasteiger partial charge is 0.336 e. The Balaban J connectivity index is 1.45. The average Bonchev–Trinajstić information content (AvgIpc) is 3.18. The molecule has 1 unspecified atom stereocenters. The van der Waals surface area contributed by atoms with E-state index in [9.17, 15) is 24.6 Å². The molecule has 1 aliphatic rings. The molecule has 0 saturated heterocycles. The number of rotatable bonds is 9. The summed E-state index contributed by atoms with van der Waals surface area (Å²) in [4.78, 5) is 37.4. The zero-order chi connectivity index (χ0) is 25.1. The number of aliphatic hydroxyl groups excluding tert-OH is 1. The molecule has 0 fully saturated rings. The Labute approximate surface area is 204 Å². The molecule has 0 aromatic heterocycles. The molecule has 0 aliphatic heterocycles. The molecule has 2 atom stereocenters. The lowest BCUT2D eigenvalue weighted by Crippen LogP contribution is -2.26. The monoisotopic (exact) mass is 472 g/mol. The van der Waals surface area contributed by atoms with Crippen molar-refractivity contribution >= 4 is 17.7 Å². The maximum absolute atomic E-state index is 13.0. The fraction of sp³-hybridized carbons (Fsp3) is 0.276. The van der Waals surface area contributed by atoms with Gasteiger partial charge in [-0.1, -0.05) is 73.7 Å². The first-order chi connectivity index (χ1) is 16.8. The third-order valence-corrected chi connectivity index (χ3v) is 6.76. The minimum absolute atomic E-state index is 0.0356. The third kappa shape index (κ3) is 4.75. The molecule has 3 aromatic carbocycles. The lowest BCUT2D eigenvalue weighted by atomic mass is 9.88. The van der Waals surface area contributed by atoms with E-state index < -0.39 is 29.7 Å². The molecule has 6 heteroatoms. The highest BCUT2D eigenvalue weighted by Crippen LogP contribution is 2.44. The number of aliphatic hydroxyl groups is 1. The molecule has 0 heterocycles. The first kappa shape index (κ1) is 24.4. The third-order valence-electron chi connectivity index (χ3n) is 6.76. The van der Waals surface area contributed by atoms with E-state index in [2.05, 4.69) is 12.1 Å². The highest BCUT2D eigenvalue weighted by molar-refractivity contribution is 5.96. The average molecular weight is 473 g/mol. The maximum Gasteiger partial charge on any atom is 0.336 e. The van der Waals surface area contributed by atoms with Gasteiger partial charge in [-0.25, -0.2) is 4.79 Å². The van der Waals surface area contributed by atoms with Gasteiger partial charge in [-0.05, 0) is 41.2 Å². The standard InChI is InChI=1S/C29H28O6/c1-3-18(27(31)28(32)23-14-8-9-17(2)26(23)29(33)34)15-25(30)35-16-24-21-12-6-4-10-19(21)20-11-5-7-13-22(20)24/h4-14,18,24,28,32H,3,15-16H2,1-2H3,(H,33,34)/t18-,28?/m1/s1. The van der Waals surface area contributed by atoms with Crippen LogP contribution in [0.3, 0.4) is 0 Å². The summed E-state index contributed by atoms with van der Waals surface area (Å²) in [6.45, 7) is 3.51. The van der Waals surface area contributed by atoms with Gasteiger partial charge in [-0.15, -0.1) is 0 Å². The van der Waals surface area contributed by atoms with E-state index in [1.165, 1.54) is 6.07 Å². The van der Waals surface area contributed by atoms with Crippen molar-refractivity contribution in [1.29, 1.82) is 0 Å². The lowest BCUT2D eigenvalue weighted by Gasteiger charge is -2.20. The van der Waals surface area contributed by atoms with Crippen molar-refractivity contribution in [3.63, 3.8) is 0 Å². The van der Waals surface area contributed by atoms with E-state index in [-0.39, 0.29) is 30.1 Å². The van der Waals surface area contributed by atoms with Crippen LogP contribution in [0.15, 0.2) is 66.7 Å². The number of aromatic carboxylic acids is 1. The van der Waals surface area contributed by atoms with Gasteiger partial charge in [0.1, 0.15) is 12.7 Å². The second-order valence-electron chi connectivity index (χ2n) is 8.87. The van der Waals surface area contributed by atoms with Crippen LogP contribution in [0.2, 0.25) is 0 Å². The second kappa shape index (κ2) is 10.2. The normalized spacial score (nSPS) is 14.0. The van der Waals surface area contributed by atoms with Gasteiger partial charge in [-0.3, -0.25) is 9.59 Å². The van der Waals surface area contributed by atoms with E-state index in [0.717, 1.165) is 22.3 Å². The molecule has 0 amide bonds. The zero-order valence-corrected chi connectivity index (χ0v) is 19.7. The lowest BCUT2D eigenvalue weighted by molar-refractivity contribution is -0.148. The largest absolute Gasteiger partial charge is 0.478 e. The van der Waals surface area contributed by atoms with Crippen molar-refractivity contribution in [2.24, 2.45) is 5.92 Å². The van der Waals surface area contributed by atoms with Crippen LogP contribution < -0.4 is 0 Å². The van der Waals surface area contributed by atoms with Gasteiger partial charge in [0.05, 0.1) is 12.0 Å². The van der Waals surface area contributed by atoms with Gasteiger partial charge in [0.25, 0.3) is 0 Å². The Hall–Kier alpha value is -3.77. The van der Waals surface area contributed by atoms with E-state index in [1.54, 1.807) is 26.0 Å². The summed E-state index contributed by atoms with van der Waals surface area (Å²) in [6.07, 6.45) is -1.50. The first-order valence-electron chi connectivity index (χ1n) is 11.7.